The van der Waals surface area contributed by atoms with Crippen LogP contribution in [0.25, 0.3) is 0 Å². The highest BCUT2D eigenvalue weighted by Crippen LogP contribution is 2.08. The Morgan fingerprint density at radius 2 is 1.47 bits per heavy atom. The lowest BCUT2D eigenvalue weighted by Gasteiger charge is -2.25. The normalized spacial score (nSPS) is 14.0. The molecule has 0 aliphatic carbocycles. The van der Waals surface area contributed by atoms with Crippen molar-refractivity contribution in [3.8, 4) is 0 Å². The first-order valence-electron chi connectivity index (χ1n) is 12.5. The summed E-state index contributed by atoms with van der Waals surface area (Å²) >= 11 is 1.44. The van der Waals surface area contributed by atoms with Gasteiger partial charge in [0.15, 0.2) is 0 Å². The minimum Gasteiger partial charge on any atom is -0.480 e. The highest BCUT2D eigenvalue weighted by Gasteiger charge is 2.30. The number of primary amides is 1. The molecule has 0 radical (unpaired) electrons. The lowest BCUT2D eigenvalue weighted by molar-refractivity contribution is -0.142. The molecule has 4 unspecified atom stereocenters. The number of amides is 4. The molecule has 0 spiro atoms. The van der Waals surface area contributed by atoms with Gasteiger partial charge in [-0.05, 0) is 49.8 Å². The van der Waals surface area contributed by atoms with Crippen molar-refractivity contribution in [2.24, 2.45) is 17.2 Å². The first kappa shape index (κ1) is 32.9. The van der Waals surface area contributed by atoms with Gasteiger partial charge in [0, 0.05) is 12.8 Å². The number of benzene rings is 1. The minimum absolute atomic E-state index is 0.154. The average molecular weight is 553 g/mol. The molecule has 10 N–H and O–H groups in total. The van der Waals surface area contributed by atoms with E-state index in [2.05, 4.69) is 16.0 Å². The summed E-state index contributed by atoms with van der Waals surface area (Å²) in [6.07, 6.45) is 3.57. The number of rotatable bonds is 19. The van der Waals surface area contributed by atoms with Crippen molar-refractivity contribution in [3.05, 3.63) is 35.9 Å². The molecule has 212 valence electrons. The molecule has 4 amide bonds. The monoisotopic (exact) mass is 552 g/mol. The summed E-state index contributed by atoms with van der Waals surface area (Å²) < 4.78 is 0. The second kappa shape index (κ2) is 18.2. The zero-order valence-electron chi connectivity index (χ0n) is 21.7. The van der Waals surface area contributed by atoms with Crippen LogP contribution in [-0.4, -0.2) is 77.4 Å². The van der Waals surface area contributed by atoms with Crippen LogP contribution in [0.5, 0.6) is 0 Å². The fourth-order valence-corrected chi connectivity index (χ4v) is 4.04. The number of nitrogens with one attached hydrogen (secondary N) is 3. The van der Waals surface area contributed by atoms with Gasteiger partial charge < -0.3 is 38.3 Å². The molecule has 1 aromatic carbocycles. The van der Waals surface area contributed by atoms with Crippen molar-refractivity contribution in [3.63, 3.8) is 0 Å². The van der Waals surface area contributed by atoms with E-state index >= 15 is 0 Å². The standard InChI is InChI=1S/C25H40N6O6S/c1-38-14-12-18(23(34)30-19(25(36)37)10-11-21(28)32)29-24(35)20(15-16-7-3-2-4-8-16)31-22(33)17(27)9-5-6-13-26/h2-4,7-8,17-20H,5-6,9-15,26-27H2,1H3,(H2,28,32)(H,29,35)(H,30,34)(H,31,33)(H,36,37). The highest BCUT2D eigenvalue weighted by atomic mass is 32.2. The predicted octanol–water partition coefficient (Wildman–Crippen LogP) is -0.757. The Morgan fingerprint density at radius 1 is 0.868 bits per heavy atom. The van der Waals surface area contributed by atoms with E-state index in [1.165, 1.54) is 11.8 Å². The third-order valence-corrected chi connectivity index (χ3v) is 6.40. The van der Waals surface area contributed by atoms with E-state index in [0.29, 0.717) is 25.1 Å². The smallest absolute Gasteiger partial charge is 0.326 e. The van der Waals surface area contributed by atoms with Gasteiger partial charge in [-0.15, -0.1) is 0 Å². The van der Waals surface area contributed by atoms with Crippen LogP contribution in [-0.2, 0) is 30.4 Å². The molecule has 12 nitrogen and oxygen atoms in total. The SMILES string of the molecule is CSCCC(NC(=O)C(Cc1ccccc1)NC(=O)C(N)CCCCN)C(=O)NC(CCC(N)=O)C(=O)O. The number of aliphatic carboxylic acids is 1. The number of carbonyl (C=O) groups is 5. The molecule has 0 aliphatic rings. The zero-order chi connectivity index (χ0) is 28.5. The second-order valence-corrected chi connectivity index (χ2v) is 9.87. The van der Waals surface area contributed by atoms with Crippen LogP contribution in [0.4, 0.5) is 0 Å². The Morgan fingerprint density at radius 3 is 2.05 bits per heavy atom. The number of nitrogens with two attached hydrogens (primary N) is 3. The molecule has 38 heavy (non-hydrogen) atoms. The van der Waals surface area contributed by atoms with Crippen LogP contribution < -0.4 is 33.2 Å². The van der Waals surface area contributed by atoms with E-state index in [-0.39, 0.29) is 25.7 Å². The largest absolute Gasteiger partial charge is 0.480 e. The minimum atomic E-state index is -1.35. The van der Waals surface area contributed by atoms with Crippen molar-refractivity contribution < 1.29 is 29.1 Å². The fourth-order valence-electron chi connectivity index (χ4n) is 3.57. The summed E-state index contributed by atoms with van der Waals surface area (Å²) in [5, 5.41) is 17.2. The number of carboxylic acid groups (broad SMARTS) is 1. The Kier molecular flexibility index (Phi) is 15.7. The maximum Gasteiger partial charge on any atom is 0.326 e. The van der Waals surface area contributed by atoms with Crippen molar-refractivity contribution >= 4 is 41.4 Å². The first-order chi connectivity index (χ1) is 18.1. The van der Waals surface area contributed by atoms with Gasteiger partial charge in [0.25, 0.3) is 0 Å². The lowest BCUT2D eigenvalue weighted by Crippen LogP contribution is -2.57. The molecule has 0 saturated heterocycles. The summed E-state index contributed by atoms with van der Waals surface area (Å²) in [5.74, 6) is -3.35. The molecule has 1 rings (SSSR count). The molecular weight excluding hydrogens is 512 g/mol. The Labute approximate surface area is 227 Å². The average Bonchev–Trinajstić information content (AvgIpc) is 2.88. The molecule has 13 heteroatoms. The quantitative estimate of drug-likeness (QED) is 0.107. The molecule has 0 heterocycles. The number of carbonyl (C=O) groups excluding carboxylic acids is 4. The van der Waals surface area contributed by atoms with E-state index in [9.17, 15) is 29.1 Å². The number of hydrogen-bond donors (Lipinski definition) is 7. The number of carboxylic acids is 1. The van der Waals surface area contributed by atoms with E-state index < -0.39 is 53.8 Å². The van der Waals surface area contributed by atoms with Crippen LogP contribution >= 0.6 is 11.8 Å². The Bertz CT molecular complexity index is 919. The van der Waals surface area contributed by atoms with E-state index in [4.69, 9.17) is 17.2 Å². The molecule has 4 atom stereocenters. The molecule has 0 bridgehead atoms. The third kappa shape index (κ3) is 12.9. The fraction of sp³-hybridized carbons (Fsp3) is 0.560. The zero-order valence-corrected chi connectivity index (χ0v) is 22.5. The molecule has 0 fully saturated rings. The van der Waals surface area contributed by atoms with E-state index in [1.54, 1.807) is 12.1 Å². The van der Waals surface area contributed by atoms with E-state index in [1.807, 2.05) is 24.5 Å². The lowest BCUT2D eigenvalue weighted by atomic mass is 10.0. The first-order valence-corrected chi connectivity index (χ1v) is 13.9. The van der Waals surface area contributed by atoms with Crippen molar-refractivity contribution in [1.29, 1.82) is 0 Å². The summed E-state index contributed by atoms with van der Waals surface area (Å²) in [7, 11) is 0. The summed E-state index contributed by atoms with van der Waals surface area (Å²) in [4.78, 5) is 61.7. The topological polar surface area (TPSA) is 220 Å². The van der Waals surface area contributed by atoms with Gasteiger partial charge in [-0.2, -0.15) is 11.8 Å². The van der Waals surface area contributed by atoms with Gasteiger partial charge in [0.1, 0.15) is 18.1 Å². The number of thioether (sulfide) groups is 1. The van der Waals surface area contributed by atoms with Gasteiger partial charge in [-0.25, -0.2) is 4.79 Å². The number of unbranched alkanes of at least 4 members (excludes halogenated alkanes) is 1. The van der Waals surface area contributed by atoms with Crippen molar-refractivity contribution in [2.45, 2.75) is 69.1 Å². The van der Waals surface area contributed by atoms with Crippen molar-refractivity contribution in [2.75, 3.05) is 18.6 Å². The number of hydrogen-bond acceptors (Lipinski definition) is 8. The summed E-state index contributed by atoms with van der Waals surface area (Å²) in [5.41, 5.74) is 17.4. The van der Waals surface area contributed by atoms with E-state index in [0.717, 1.165) is 12.0 Å². The maximum absolute atomic E-state index is 13.3. The van der Waals surface area contributed by atoms with Gasteiger partial charge in [-0.3, -0.25) is 19.2 Å². The summed E-state index contributed by atoms with van der Waals surface area (Å²) in [6.45, 7) is 0.484. The van der Waals surface area contributed by atoms with Gasteiger partial charge in [-0.1, -0.05) is 36.8 Å². The highest BCUT2D eigenvalue weighted by molar-refractivity contribution is 7.98. The van der Waals surface area contributed by atoms with Gasteiger partial charge in [0.05, 0.1) is 6.04 Å². The van der Waals surface area contributed by atoms with Crippen molar-refractivity contribution in [1.82, 2.24) is 16.0 Å². The van der Waals surface area contributed by atoms with Crippen LogP contribution in [0, 0.1) is 0 Å². The van der Waals surface area contributed by atoms with Crippen LogP contribution in [0.2, 0.25) is 0 Å². The maximum atomic E-state index is 13.3. The van der Waals surface area contributed by atoms with Crippen LogP contribution in [0.3, 0.4) is 0 Å². The van der Waals surface area contributed by atoms with Crippen LogP contribution in [0.15, 0.2) is 30.3 Å². The third-order valence-electron chi connectivity index (χ3n) is 5.76. The Hall–Kier alpha value is -3.16. The predicted molar refractivity (Wildman–Crippen MR) is 146 cm³/mol. The molecule has 1 aromatic rings. The molecule has 0 aliphatic heterocycles. The van der Waals surface area contributed by atoms with Gasteiger partial charge in [0.2, 0.25) is 23.6 Å². The second-order valence-electron chi connectivity index (χ2n) is 8.89. The molecule has 0 aromatic heterocycles. The summed E-state index contributed by atoms with van der Waals surface area (Å²) in [6, 6.07) is 4.77. The Balaban J connectivity index is 3.04. The molecular formula is C25H40N6O6S. The molecule has 0 saturated carbocycles. The van der Waals surface area contributed by atoms with Crippen LogP contribution in [0.1, 0.15) is 44.1 Å². The van der Waals surface area contributed by atoms with Gasteiger partial charge >= 0.3 is 5.97 Å².